The first kappa shape index (κ1) is 24.0. The Bertz CT molecular complexity index is 1190. The second-order valence-electron chi connectivity index (χ2n) is 9.21. The van der Waals surface area contributed by atoms with E-state index >= 15 is 0 Å². The number of amides is 2. The van der Waals surface area contributed by atoms with Gasteiger partial charge < -0.3 is 24.8 Å². The van der Waals surface area contributed by atoms with E-state index in [-0.39, 0.29) is 23.5 Å². The van der Waals surface area contributed by atoms with Crippen molar-refractivity contribution in [2.45, 2.75) is 38.7 Å². The van der Waals surface area contributed by atoms with Crippen molar-refractivity contribution < 1.29 is 23.8 Å². The number of carbonyl (C=O) groups is 2. The van der Waals surface area contributed by atoms with Gasteiger partial charge in [-0.15, -0.1) is 0 Å². The zero-order valence-corrected chi connectivity index (χ0v) is 19.9. The zero-order chi connectivity index (χ0) is 25.0. The smallest absolute Gasteiger partial charge is 0.410 e. The number of hydrogen-bond donors (Lipinski definition) is 1. The van der Waals surface area contributed by atoms with E-state index in [1.54, 1.807) is 29.2 Å². The summed E-state index contributed by atoms with van der Waals surface area (Å²) in [6, 6.07) is 16.3. The molecule has 1 saturated heterocycles. The van der Waals surface area contributed by atoms with E-state index in [0.717, 1.165) is 5.75 Å². The van der Waals surface area contributed by atoms with Gasteiger partial charge in [0.05, 0.1) is 0 Å². The Balaban J connectivity index is 1.48. The number of carbonyl (C=O) groups excluding carboxylic acids is 2. The van der Waals surface area contributed by atoms with Gasteiger partial charge in [-0.05, 0) is 63.6 Å². The van der Waals surface area contributed by atoms with Crippen LogP contribution in [0.1, 0.15) is 49.3 Å². The predicted octanol–water partition coefficient (Wildman–Crippen LogP) is 4.88. The third-order valence-corrected chi connectivity index (χ3v) is 5.26. The second kappa shape index (κ2) is 10.0. The maximum Gasteiger partial charge on any atom is 0.410 e. The quantitative estimate of drug-likeness (QED) is 0.538. The highest BCUT2D eigenvalue weighted by Crippen LogP contribution is 2.31. The lowest BCUT2D eigenvalue weighted by atomic mass is 10.1. The van der Waals surface area contributed by atoms with Crippen molar-refractivity contribution in [1.82, 2.24) is 14.9 Å². The van der Waals surface area contributed by atoms with Gasteiger partial charge in [-0.3, -0.25) is 4.79 Å². The van der Waals surface area contributed by atoms with E-state index in [9.17, 15) is 9.59 Å². The van der Waals surface area contributed by atoms with Crippen molar-refractivity contribution in [2.75, 3.05) is 13.1 Å². The van der Waals surface area contributed by atoms with Gasteiger partial charge in [-0.25, -0.2) is 9.78 Å². The molecular formula is C26H28N4O5. The van der Waals surface area contributed by atoms with Crippen LogP contribution in [-0.4, -0.2) is 45.6 Å². The number of benzene rings is 2. The molecule has 35 heavy (non-hydrogen) atoms. The lowest BCUT2D eigenvalue weighted by molar-refractivity contribution is 0.0292. The predicted molar refractivity (Wildman–Crippen MR) is 129 cm³/mol. The summed E-state index contributed by atoms with van der Waals surface area (Å²) in [5.74, 6) is 1.53. The molecule has 1 aromatic heterocycles. The number of ether oxygens (including phenoxy) is 3. The molecule has 2 aromatic carbocycles. The van der Waals surface area contributed by atoms with Crippen molar-refractivity contribution in [3.63, 3.8) is 0 Å². The molecule has 2 amide bonds. The monoisotopic (exact) mass is 476 g/mol. The second-order valence-corrected chi connectivity index (χ2v) is 9.21. The standard InChI is InChI=1S/C26H28N4O5/c1-26(2,3)35-25(32)30-14-13-17(16-30)23-28-15-21(22(27)31)24(29-23)34-20-11-9-19(10-12-20)33-18-7-5-4-6-8-18/h4-12,15,17H,13-14,16H2,1-3H3,(H2,27,31). The number of nitrogens with two attached hydrogens (primary N) is 1. The van der Waals surface area contributed by atoms with Crippen LogP contribution < -0.4 is 15.2 Å². The number of nitrogens with zero attached hydrogens (tertiary/aromatic N) is 3. The van der Waals surface area contributed by atoms with Gasteiger partial charge in [0.2, 0.25) is 5.88 Å². The molecule has 1 unspecified atom stereocenters. The van der Waals surface area contributed by atoms with Gasteiger partial charge >= 0.3 is 6.09 Å². The fraction of sp³-hybridized carbons (Fsp3) is 0.308. The van der Waals surface area contributed by atoms with Gasteiger partial charge in [-0.1, -0.05) is 18.2 Å². The molecule has 0 saturated carbocycles. The van der Waals surface area contributed by atoms with Crippen molar-refractivity contribution in [2.24, 2.45) is 5.73 Å². The van der Waals surface area contributed by atoms with E-state index < -0.39 is 11.5 Å². The minimum absolute atomic E-state index is 0.0648. The molecule has 2 N–H and O–H groups in total. The minimum atomic E-state index is -0.697. The number of aromatic nitrogens is 2. The average Bonchev–Trinajstić information content (AvgIpc) is 3.30. The van der Waals surface area contributed by atoms with Gasteiger partial charge in [0, 0.05) is 25.2 Å². The van der Waals surface area contributed by atoms with Crippen LogP contribution >= 0.6 is 0 Å². The number of hydrogen-bond acceptors (Lipinski definition) is 7. The topological polar surface area (TPSA) is 117 Å². The first-order valence-electron chi connectivity index (χ1n) is 11.3. The molecule has 0 aliphatic carbocycles. The molecule has 1 aliphatic rings. The van der Waals surface area contributed by atoms with Crippen LogP contribution in [0.4, 0.5) is 4.79 Å². The van der Waals surface area contributed by atoms with Crippen LogP contribution in [0.5, 0.6) is 23.1 Å². The molecule has 0 radical (unpaired) electrons. The Morgan fingerprint density at radius 2 is 1.60 bits per heavy atom. The summed E-state index contributed by atoms with van der Waals surface area (Å²) in [7, 11) is 0. The van der Waals surface area contributed by atoms with E-state index in [1.165, 1.54) is 6.20 Å². The molecule has 0 spiro atoms. The first-order chi connectivity index (χ1) is 16.7. The molecule has 3 aromatic rings. The zero-order valence-electron chi connectivity index (χ0n) is 19.9. The minimum Gasteiger partial charge on any atom is -0.457 e. The lowest BCUT2D eigenvalue weighted by Crippen LogP contribution is -2.35. The summed E-state index contributed by atoms with van der Waals surface area (Å²) in [6.45, 7) is 6.42. The van der Waals surface area contributed by atoms with Crippen molar-refractivity contribution in [1.29, 1.82) is 0 Å². The van der Waals surface area contributed by atoms with Crippen molar-refractivity contribution >= 4 is 12.0 Å². The normalized spacial score (nSPS) is 15.5. The summed E-state index contributed by atoms with van der Waals surface area (Å²) in [5, 5.41) is 0. The van der Waals surface area contributed by atoms with Gasteiger partial charge in [0.25, 0.3) is 5.91 Å². The number of para-hydroxylation sites is 1. The summed E-state index contributed by atoms with van der Waals surface area (Å²) in [6.07, 6.45) is 1.66. The molecule has 0 bridgehead atoms. The van der Waals surface area contributed by atoms with Crippen LogP contribution in [0.25, 0.3) is 0 Å². The number of likely N-dealkylation sites (tertiary alicyclic amines) is 1. The fourth-order valence-electron chi connectivity index (χ4n) is 3.60. The molecular weight excluding hydrogens is 448 g/mol. The van der Waals surface area contributed by atoms with E-state index in [4.69, 9.17) is 19.9 Å². The van der Waals surface area contributed by atoms with Crippen LogP contribution in [-0.2, 0) is 4.74 Å². The third kappa shape index (κ3) is 6.26. The summed E-state index contributed by atoms with van der Waals surface area (Å²) in [5.41, 5.74) is 5.01. The van der Waals surface area contributed by atoms with Gasteiger partial charge in [0.1, 0.15) is 34.2 Å². The number of rotatable bonds is 6. The Kier molecular flexibility index (Phi) is 6.86. The highest BCUT2D eigenvalue weighted by Gasteiger charge is 2.32. The Morgan fingerprint density at radius 1 is 0.971 bits per heavy atom. The molecule has 1 fully saturated rings. The summed E-state index contributed by atoms with van der Waals surface area (Å²) < 4.78 is 17.2. The van der Waals surface area contributed by atoms with Crippen molar-refractivity contribution in [3.05, 3.63) is 72.2 Å². The highest BCUT2D eigenvalue weighted by atomic mass is 16.6. The van der Waals surface area contributed by atoms with E-state index in [2.05, 4.69) is 9.97 Å². The van der Waals surface area contributed by atoms with Crippen LogP contribution in [0.2, 0.25) is 0 Å². The molecule has 2 heterocycles. The number of primary amides is 1. The molecule has 182 valence electrons. The molecule has 9 heteroatoms. The van der Waals surface area contributed by atoms with Crippen molar-refractivity contribution in [3.8, 4) is 23.1 Å². The Morgan fingerprint density at radius 3 is 2.23 bits per heavy atom. The van der Waals surface area contributed by atoms with Gasteiger partial charge in [0.15, 0.2) is 0 Å². The summed E-state index contributed by atoms with van der Waals surface area (Å²) in [4.78, 5) is 34.8. The Labute approximate surface area is 203 Å². The van der Waals surface area contributed by atoms with E-state index in [0.29, 0.717) is 36.8 Å². The van der Waals surface area contributed by atoms with Crippen LogP contribution in [0.15, 0.2) is 60.8 Å². The molecule has 1 atom stereocenters. The maximum atomic E-state index is 12.4. The Hall–Kier alpha value is -4.14. The van der Waals surface area contributed by atoms with Crippen LogP contribution in [0.3, 0.4) is 0 Å². The lowest BCUT2D eigenvalue weighted by Gasteiger charge is -2.24. The fourth-order valence-corrected chi connectivity index (χ4v) is 3.60. The first-order valence-corrected chi connectivity index (χ1v) is 11.3. The largest absolute Gasteiger partial charge is 0.457 e. The summed E-state index contributed by atoms with van der Waals surface area (Å²) >= 11 is 0. The molecule has 4 rings (SSSR count). The average molecular weight is 477 g/mol. The molecule has 1 aliphatic heterocycles. The van der Waals surface area contributed by atoms with Crippen LogP contribution in [0, 0.1) is 0 Å². The highest BCUT2D eigenvalue weighted by molar-refractivity contribution is 5.94. The van der Waals surface area contributed by atoms with E-state index in [1.807, 2.05) is 51.1 Å². The SMILES string of the molecule is CC(C)(C)OC(=O)N1CCC(c2ncc(C(N)=O)c(Oc3ccc(Oc4ccccc4)cc3)n2)C1. The third-order valence-electron chi connectivity index (χ3n) is 5.26. The molecule has 9 nitrogen and oxygen atoms in total. The van der Waals surface area contributed by atoms with Gasteiger partial charge in [-0.2, -0.15) is 4.98 Å². The maximum absolute atomic E-state index is 12.4.